The van der Waals surface area contributed by atoms with E-state index in [0.717, 1.165) is 5.56 Å². The van der Waals surface area contributed by atoms with Gasteiger partial charge in [0.25, 0.3) is 11.5 Å². The lowest BCUT2D eigenvalue weighted by Crippen LogP contribution is -2.44. The molecule has 0 radical (unpaired) electrons. The molecule has 1 amide bonds. The molecule has 0 saturated carbocycles. The van der Waals surface area contributed by atoms with Gasteiger partial charge in [-0.25, -0.2) is 9.07 Å². The van der Waals surface area contributed by atoms with Crippen molar-refractivity contribution in [2.45, 2.75) is 12.6 Å². The smallest absolute Gasteiger partial charge is 0.271 e. The number of hydrogen-bond donors (Lipinski definition) is 1. The zero-order chi connectivity index (χ0) is 23.8. The fourth-order valence-electron chi connectivity index (χ4n) is 3.81. The Kier molecular flexibility index (Phi) is 8.00. The van der Waals surface area contributed by atoms with Crippen molar-refractivity contribution in [3.63, 3.8) is 0 Å². The lowest BCUT2D eigenvalue weighted by molar-refractivity contribution is 0.0162. The van der Waals surface area contributed by atoms with Gasteiger partial charge in [-0.1, -0.05) is 30.3 Å². The van der Waals surface area contributed by atoms with Crippen molar-refractivity contribution in [1.82, 2.24) is 20.0 Å². The highest BCUT2D eigenvalue weighted by atomic mass is 19.1. The van der Waals surface area contributed by atoms with Gasteiger partial charge in [-0.3, -0.25) is 14.5 Å². The highest BCUT2D eigenvalue weighted by Crippen LogP contribution is 2.21. The molecule has 1 aromatic heterocycles. The molecule has 4 rings (SSSR count). The van der Waals surface area contributed by atoms with E-state index < -0.39 is 5.91 Å². The monoisotopic (exact) mass is 466 g/mol. The van der Waals surface area contributed by atoms with Gasteiger partial charge in [0, 0.05) is 25.7 Å². The SMILES string of the molecule is O=C(NCC(c1ccc(F)cc1)N1CCOCC1)c1ccc(=O)n(CCOc2ccccc2)n1. The molecule has 1 saturated heterocycles. The van der Waals surface area contributed by atoms with Crippen molar-refractivity contribution in [3.05, 3.63) is 94.2 Å². The zero-order valence-corrected chi connectivity index (χ0v) is 18.7. The summed E-state index contributed by atoms with van der Waals surface area (Å²) < 4.78 is 25.7. The average Bonchev–Trinajstić information content (AvgIpc) is 2.87. The number of nitrogens with one attached hydrogen (secondary N) is 1. The third-order valence-electron chi connectivity index (χ3n) is 5.61. The zero-order valence-electron chi connectivity index (χ0n) is 18.7. The number of halogens is 1. The number of para-hydroxylation sites is 1. The van der Waals surface area contributed by atoms with E-state index in [1.54, 1.807) is 12.1 Å². The van der Waals surface area contributed by atoms with E-state index in [1.165, 1.54) is 28.9 Å². The minimum Gasteiger partial charge on any atom is -0.492 e. The molecule has 3 aromatic rings. The Bertz CT molecular complexity index is 1130. The van der Waals surface area contributed by atoms with Crippen molar-refractivity contribution >= 4 is 5.91 Å². The Hall–Kier alpha value is -3.56. The molecule has 1 N–H and O–H groups in total. The third kappa shape index (κ3) is 6.27. The van der Waals surface area contributed by atoms with E-state index >= 15 is 0 Å². The molecule has 1 aliphatic heterocycles. The van der Waals surface area contributed by atoms with Crippen LogP contribution in [0, 0.1) is 5.82 Å². The number of nitrogens with zero attached hydrogens (tertiary/aromatic N) is 3. The summed E-state index contributed by atoms with van der Waals surface area (Å²) in [4.78, 5) is 27.2. The Balaban J connectivity index is 1.40. The van der Waals surface area contributed by atoms with Crippen LogP contribution in [0.1, 0.15) is 22.1 Å². The molecule has 0 spiro atoms. The summed E-state index contributed by atoms with van der Waals surface area (Å²) in [7, 11) is 0. The number of ether oxygens (including phenoxy) is 2. The Morgan fingerprint density at radius 3 is 2.53 bits per heavy atom. The summed E-state index contributed by atoms with van der Waals surface area (Å²) in [6.07, 6.45) is 0. The second kappa shape index (κ2) is 11.5. The van der Waals surface area contributed by atoms with Gasteiger partial charge in [0.15, 0.2) is 0 Å². The lowest BCUT2D eigenvalue weighted by Gasteiger charge is -2.34. The van der Waals surface area contributed by atoms with Gasteiger partial charge in [0.2, 0.25) is 0 Å². The first-order valence-electron chi connectivity index (χ1n) is 11.2. The van der Waals surface area contributed by atoms with Crippen LogP contribution in [0.25, 0.3) is 0 Å². The maximum Gasteiger partial charge on any atom is 0.271 e. The fraction of sp³-hybridized carbons (Fsp3) is 0.320. The van der Waals surface area contributed by atoms with Crippen molar-refractivity contribution in [1.29, 1.82) is 0 Å². The number of amides is 1. The predicted molar refractivity (Wildman–Crippen MR) is 124 cm³/mol. The molecule has 1 atom stereocenters. The molecule has 34 heavy (non-hydrogen) atoms. The number of rotatable bonds is 9. The van der Waals surface area contributed by atoms with Crippen LogP contribution in [0.3, 0.4) is 0 Å². The van der Waals surface area contributed by atoms with Gasteiger partial charge in [-0.15, -0.1) is 0 Å². The molecule has 9 heteroatoms. The fourth-order valence-corrected chi connectivity index (χ4v) is 3.81. The number of carbonyl (C=O) groups excluding carboxylic acids is 1. The Morgan fingerprint density at radius 1 is 1.06 bits per heavy atom. The summed E-state index contributed by atoms with van der Waals surface area (Å²) in [5.74, 6) is -0.00583. The molecular formula is C25H27FN4O4. The summed E-state index contributed by atoms with van der Waals surface area (Å²) in [6, 6.07) is 18.1. The van der Waals surface area contributed by atoms with E-state index in [-0.39, 0.29) is 36.3 Å². The lowest BCUT2D eigenvalue weighted by atomic mass is 10.0. The molecule has 0 bridgehead atoms. The van der Waals surface area contributed by atoms with E-state index in [4.69, 9.17) is 9.47 Å². The molecule has 178 valence electrons. The maximum atomic E-state index is 13.4. The normalized spacial score (nSPS) is 15.0. The van der Waals surface area contributed by atoms with Gasteiger partial charge < -0.3 is 14.8 Å². The van der Waals surface area contributed by atoms with Gasteiger partial charge in [0.05, 0.1) is 25.8 Å². The predicted octanol–water partition coefficient (Wildman–Crippen LogP) is 2.26. The summed E-state index contributed by atoms with van der Waals surface area (Å²) in [5, 5.41) is 7.12. The van der Waals surface area contributed by atoms with E-state index in [2.05, 4.69) is 15.3 Å². The van der Waals surface area contributed by atoms with Crippen LogP contribution < -0.4 is 15.6 Å². The minimum absolute atomic E-state index is 0.138. The number of aromatic nitrogens is 2. The van der Waals surface area contributed by atoms with Crippen molar-refractivity contribution in [2.75, 3.05) is 39.5 Å². The molecule has 8 nitrogen and oxygen atoms in total. The third-order valence-corrected chi connectivity index (χ3v) is 5.61. The summed E-state index contributed by atoms with van der Waals surface area (Å²) in [5.41, 5.74) is 0.726. The van der Waals surface area contributed by atoms with E-state index in [0.29, 0.717) is 38.6 Å². The molecule has 1 fully saturated rings. The summed E-state index contributed by atoms with van der Waals surface area (Å²) in [6.45, 7) is 3.38. The minimum atomic E-state index is -0.391. The average molecular weight is 467 g/mol. The maximum absolute atomic E-state index is 13.4. The second-order valence-electron chi connectivity index (χ2n) is 7.87. The molecule has 2 aromatic carbocycles. The van der Waals surface area contributed by atoms with Crippen LogP contribution in [-0.4, -0.2) is 60.0 Å². The number of carbonyl (C=O) groups is 1. The molecule has 1 unspecified atom stereocenters. The first-order chi connectivity index (χ1) is 16.6. The standard InChI is InChI=1S/C25H27FN4O4/c26-20-8-6-19(7-9-20)23(29-12-15-33-16-13-29)18-27-25(32)22-10-11-24(31)30(28-22)14-17-34-21-4-2-1-3-5-21/h1-11,23H,12-18H2,(H,27,32). The van der Waals surface area contributed by atoms with E-state index in [9.17, 15) is 14.0 Å². The van der Waals surface area contributed by atoms with Crippen molar-refractivity contribution < 1.29 is 18.7 Å². The molecule has 2 heterocycles. The van der Waals surface area contributed by atoms with Crippen molar-refractivity contribution in [2.24, 2.45) is 0 Å². The highest BCUT2D eigenvalue weighted by molar-refractivity contribution is 5.92. The first kappa shape index (κ1) is 23.6. The quantitative estimate of drug-likeness (QED) is 0.521. The second-order valence-corrected chi connectivity index (χ2v) is 7.87. The topological polar surface area (TPSA) is 85.7 Å². The van der Waals surface area contributed by atoms with Crippen molar-refractivity contribution in [3.8, 4) is 5.75 Å². The Morgan fingerprint density at radius 2 is 1.79 bits per heavy atom. The summed E-state index contributed by atoms with van der Waals surface area (Å²) >= 11 is 0. The van der Waals surface area contributed by atoms with Gasteiger partial charge in [0.1, 0.15) is 23.9 Å². The Labute approximate surface area is 196 Å². The number of benzene rings is 2. The van der Waals surface area contributed by atoms with Crippen LogP contribution in [0.4, 0.5) is 4.39 Å². The number of morpholine rings is 1. The van der Waals surface area contributed by atoms with Crippen LogP contribution in [0.5, 0.6) is 5.75 Å². The highest BCUT2D eigenvalue weighted by Gasteiger charge is 2.24. The van der Waals surface area contributed by atoms with Crippen LogP contribution in [0.15, 0.2) is 71.5 Å². The molecular weight excluding hydrogens is 439 g/mol. The van der Waals surface area contributed by atoms with Crippen LogP contribution in [0.2, 0.25) is 0 Å². The van der Waals surface area contributed by atoms with Crippen LogP contribution in [-0.2, 0) is 11.3 Å². The first-order valence-corrected chi connectivity index (χ1v) is 11.2. The molecule has 1 aliphatic rings. The van der Waals surface area contributed by atoms with Gasteiger partial charge >= 0.3 is 0 Å². The largest absolute Gasteiger partial charge is 0.492 e. The van der Waals surface area contributed by atoms with E-state index in [1.807, 2.05) is 30.3 Å². The van der Waals surface area contributed by atoms with Gasteiger partial charge in [-0.2, -0.15) is 5.10 Å². The molecule has 0 aliphatic carbocycles. The number of hydrogen-bond acceptors (Lipinski definition) is 6. The van der Waals surface area contributed by atoms with Crippen LogP contribution >= 0.6 is 0 Å². The van der Waals surface area contributed by atoms with Gasteiger partial charge in [-0.05, 0) is 35.9 Å².